The number of carbonyl (C=O) groups is 1. The van der Waals surface area contributed by atoms with Gasteiger partial charge in [0.15, 0.2) is 5.78 Å². The van der Waals surface area contributed by atoms with E-state index in [9.17, 15) is 9.90 Å². The maximum atomic E-state index is 12.7. The van der Waals surface area contributed by atoms with Crippen LogP contribution in [0.4, 0.5) is 0 Å². The van der Waals surface area contributed by atoms with E-state index in [1.165, 1.54) is 22.3 Å². The van der Waals surface area contributed by atoms with Gasteiger partial charge >= 0.3 is 0 Å². The Hall–Kier alpha value is -1.93. The topological polar surface area (TPSA) is 37.3 Å². The Morgan fingerprint density at radius 2 is 1.64 bits per heavy atom. The van der Waals surface area contributed by atoms with E-state index in [-0.39, 0.29) is 5.78 Å². The molecule has 2 aliphatic rings. The molecule has 2 heteroatoms. The minimum atomic E-state index is -1.14. The summed E-state index contributed by atoms with van der Waals surface area (Å²) in [6.45, 7) is 0. The lowest BCUT2D eigenvalue weighted by Crippen LogP contribution is -2.40. The lowest BCUT2D eigenvalue weighted by atomic mass is 9.79. The summed E-state index contributed by atoms with van der Waals surface area (Å²) < 4.78 is 0. The van der Waals surface area contributed by atoms with E-state index < -0.39 is 5.60 Å². The molecular formula is C20H20O2. The summed E-state index contributed by atoms with van der Waals surface area (Å²) in [6, 6.07) is 14.3. The lowest BCUT2D eigenvalue weighted by molar-refractivity contribution is 0.0116. The van der Waals surface area contributed by atoms with Crippen molar-refractivity contribution >= 4 is 5.78 Å². The van der Waals surface area contributed by atoms with Gasteiger partial charge in [0.25, 0.3) is 0 Å². The molecule has 0 spiro atoms. The molecule has 1 saturated carbocycles. The highest BCUT2D eigenvalue weighted by Gasteiger charge is 2.37. The molecule has 0 radical (unpaired) electrons. The fraction of sp³-hybridized carbons (Fsp3) is 0.350. The molecule has 0 unspecified atom stereocenters. The molecule has 0 aromatic heterocycles. The van der Waals surface area contributed by atoms with Crippen molar-refractivity contribution < 1.29 is 9.90 Å². The Morgan fingerprint density at radius 1 is 0.909 bits per heavy atom. The highest BCUT2D eigenvalue weighted by molar-refractivity contribution is 6.03. The van der Waals surface area contributed by atoms with Crippen molar-refractivity contribution in [3.63, 3.8) is 0 Å². The van der Waals surface area contributed by atoms with Gasteiger partial charge in [-0.1, -0.05) is 55.7 Å². The normalized spacial score (nSPS) is 18.6. The summed E-state index contributed by atoms with van der Waals surface area (Å²) >= 11 is 0. The number of hydrogen-bond donors (Lipinski definition) is 1. The highest BCUT2D eigenvalue weighted by Crippen LogP contribution is 2.38. The number of hydrogen-bond acceptors (Lipinski definition) is 2. The van der Waals surface area contributed by atoms with Crippen LogP contribution in [0.25, 0.3) is 11.1 Å². The van der Waals surface area contributed by atoms with Crippen LogP contribution in [0.3, 0.4) is 0 Å². The first kappa shape index (κ1) is 13.7. The number of aliphatic hydroxyl groups is 1. The van der Waals surface area contributed by atoms with E-state index in [1.807, 2.05) is 18.2 Å². The van der Waals surface area contributed by atoms with Crippen LogP contribution >= 0.6 is 0 Å². The summed E-state index contributed by atoms with van der Waals surface area (Å²) in [5.74, 6) is -0.0917. The molecule has 0 atom stereocenters. The average Bonchev–Trinajstić information content (AvgIpc) is 2.92. The average molecular weight is 292 g/mol. The van der Waals surface area contributed by atoms with Crippen molar-refractivity contribution in [3.8, 4) is 11.1 Å². The minimum absolute atomic E-state index is 0.0917. The van der Waals surface area contributed by atoms with Gasteiger partial charge in [-0.2, -0.15) is 0 Å². The molecule has 0 saturated heterocycles. The Kier molecular flexibility index (Phi) is 3.16. The molecule has 0 amide bonds. The summed E-state index contributed by atoms with van der Waals surface area (Å²) in [6.07, 6.45) is 5.09. The quantitative estimate of drug-likeness (QED) is 0.721. The van der Waals surface area contributed by atoms with Gasteiger partial charge in [0, 0.05) is 5.56 Å². The predicted octanol–water partition coefficient (Wildman–Crippen LogP) is 4.14. The van der Waals surface area contributed by atoms with Crippen LogP contribution in [0.15, 0.2) is 42.5 Å². The Labute approximate surface area is 130 Å². The van der Waals surface area contributed by atoms with Crippen molar-refractivity contribution in [2.75, 3.05) is 0 Å². The molecule has 4 rings (SSSR count). The first-order chi connectivity index (χ1) is 10.7. The predicted molar refractivity (Wildman–Crippen MR) is 87.0 cm³/mol. The first-order valence-corrected chi connectivity index (χ1v) is 8.16. The molecule has 22 heavy (non-hydrogen) atoms. The van der Waals surface area contributed by atoms with Crippen LogP contribution in [-0.4, -0.2) is 16.5 Å². The third-order valence-corrected chi connectivity index (χ3v) is 5.16. The van der Waals surface area contributed by atoms with Gasteiger partial charge in [-0.05, 0) is 47.6 Å². The highest BCUT2D eigenvalue weighted by atomic mass is 16.3. The second-order valence-electron chi connectivity index (χ2n) is 6.63. The van der Waals surface area contributed by atoms with Crippen LogP contribution in [0, 0.1) is 0 Å². The zero-order valence-corrected chi connectivity index (χ0v) is 12.6. The largest absolute Gasteiger partial charge is 0.382 e. The number of rotatable bonds is 2. The fourth-order valence-electron chi connectivity index (χ4n) is 3.92. The van der Waals surface area contributed by atoms with Gasteiger partial charge in [-0.25, -0.2) is 0 Å². The number of ketones is 1. The van der Waals surface area contributed by atoms with E-state index in [2.05, 4.69) is 24.3 Å². The van der Waals surface area contributed by atoms with E-state index in [0.717, 1.165) is 25.7 Å². The fourth-order valence-corrected chi connectivity index (χ4v) is 3.92. The molecule has 112 valence electrons. The summed E-state index contributed by atoms with van der Waals surface area (Å²) in [5.41, 5.74) is 4.54. The van der Waals surface area contributed by atoms with E-state index in [0.29, 0.717) is 18.4 Å². The van der Waals surface area contributed by atoms with Crippen molar-refractivity contribution in [1.82, 2.24) is 0 Å². The lowest BCUT2D eigenvalue weighted by Gasteiger charge is -2.30. The summed E-state index contributed by atoms with van der Waals surface area (Å²) in [7, 11) is 0. The van der Waals surface area contributed by atoms with Crippen LogP contribution in [0.5, 0.6) is 0 Å². The Morgan fingerprint density at radius 3 is 2.45 bits per heavy atom. The van der Waals surface area contributed by atoms with Gasteiger partial charge in [0.2, 0.25) is 0 Å². The van der Waals surface area contributed by atoms with Crippen molar-refractivity contribution in [3.05, 3.63) is 59.2 Å². The van der Waals surface area contributed by atoms with Crippen molar-refractivity contribution in [2.45, 2.75) is 44.1 Å². The molecule has 0 heterocycles. The van der Waals surface area contributed by atoms with Crippen molar-refractivity contribution in [2.24, 2.45) is 0 Å². The molecular weight excluding hydrogens is 272 g/mol. The van der Waals surface area contributed by atoms with Crippen LogP contribution in [0.2, 0.25) is 0 Å². The van der Waals surface area contributed by atoms with Crippen LogP contribution < -0.4 is 0 Å². The smallest absolute Gasteiger partial charge is 0.194 e. The minimum Gasteiger partial charge on any atom is -0.382 e. The number of carbonyl (C=O) groups excluding carboxylic acids is 1. The second kappa shape index (κ2) is 5.06. The maximum Gasteiger partial charge on any atom is 0.194 e. The number of benzene rings is 2. The van der Waals surface area contributed by atoms with Gasteiger partial charge in [-0.3, -0.25) is 4.79 Å². The number of Topliss-reactive ketones (excluding diaryl/α,β-unsaturated/α-hetero) is 1. The summed E-state index contributed by atoms with van der Waals surface area (Å²) in [4.78, 5) is 12.7. The molecule has 2 nitrogen and oxygen atoms in total. The van der Waals surface area contributed by atoms with Gasteiger partial charge < -0.3 is 5.11 Å². The standard InChI is InChI=1S/C20H20O2/c21-19(20(22)10-4-1-5-11-20)15-8-9-18-16(13-15)12-14-6-2-3-7-17(14)18/h2-3,6-9,13,22H,1,4-5,10-12H2. The van der Waals surface area contributed by atoms with Gasteiger partial charge in [0.1, 0.15) is 5.60 Å². The molecule has 2 aliphatic carbocycles. The van der Waals surface area contributed by atoms with Crippen LogP contribution in [0.1, 0.15) is 53.6 Å². The van der Waals surface area contributed by atoms with Gasteiger partial charge in [-0.15, -0.1) is 0 Å². The molecule has 1 N–H and O–H groups in total. The molecule has 2 aromatic rings. The monoisotopic (exact) mass is 292 g/mol. The molecule has 2 aromatic carbocycles. The maximum absolute atomic E-state index is 12.7. The first-order valence-electron chi connectivity index (χ1n) is 8.16. The molecule has 0 aliphatic heterocycles. The van der Waals surface area contributed by atoms with Crippen LogP contribution in [-0.2, 0) is 6.42 Å². The second-order valence-corrected chi connectivity index (χ2v) is 6.63. The zero-order valence-electron chi connectivity index (χ0n) is 12.6. The molecule has 0 bridgehead atoms. The molecule has 1 fully saturated rings. The third-order valence-electron chi connectivity index (χ3n) is 5.16. The van der Waals surface area contributed by atoms with E-state index in [1.54, 1.807) is 0 Å². The zero-order chi connectivity index (χ0) is 15.2. The Bertz CT molecular complexity index is 739. The van der Waals surface area contributed by atoms with Gasteiger partial charge in [0.05, 0.1) is 0 Å². The summed E-state index contributed by atoms with van der Waals surface area (Å²) in [5, 5.41) is 10.7. The van der Waals surface area contributed by atoms with E-state index >= 15 is 0 Å². The van der Waals surface area contributed by atoms with E-state index in [4.69, 9.17) is 0 Å². The number of fused-ring (bicyclic) bond motifs is 3. The van der Waals surface area contributed by atoms with Crippen molar-refractivity contribution in [1.29, 1.82) is 0 Å². The Balaban J connectivity index is 1.68. The third kappa shape index (κ3) is 2.10. The SMILES string of the molecule is O=C(c1ccc2c(c1)Cc1ccccc1-2)C1(O)CCCCC1.